The molecule has 0 bridgehead atoms. The number of amides is 3. The van der Waals surface area contributed by atoms with E-state index in [9.17, 15) is 14.7 Å². The molecule has 3 rings (SSSR count). The number of carbonyl (C=O) groups is 2. The second kappa shape index (κ2) is 11.2. The van der Waals surface area contributed by atoms with Gasteiger partial charge in [0.15, 0.2) is 5.75 Å². The molecule has 0 fully saturated rings. The molecule has 3 atom stereocenters. The predicted molar refractivity (Wildman–Crippen MR) is 132 cm³/mol. The number of para-hydroxylation sites is 1. The summed E-state index contributed by atoms with van der Waals surface area (Å²) in [5, 5.41) is 15.4. The summed E-state index contributed by atoms with van der Waals surface area (Å²) in [6, 6.07) is 11.2. The molecule has 1 aliphatic heterocycles. The molecule has 0 aromatic heterocycles. The van der Waals surface area contributed by atoms with Crippen molar-refractivity contribution in [1.29, 1.82) is 0 Å². The van der Waals surface area contributed by atoms with E-state index in [1.54, 1.807) is 54.5 Å². The third kappa shape index (κ3) is 5.98. The van der Waals surface area contributed by atoms with E-state index < -0.39 is 6.03 Å². The third-order valence-electron chi connectivity index (χ3n) is 5.83. The first kappa shape index (κ1) is 25.3. The maximum Gasteiger partial charge on any atom is 0.323 e. The summed E-state index contributed by atoms with van der Waals surface area (Å²) >= 11 is 0. The Hall–Kier alpha value is -3.30. The number of methoxy groups -OCH3 is 1. The van der Waals surface area contributed by atoms with E-state index in [-0.39, 0.29) is 30.6 Å². The molecule has 1 heterocycles. The van der Waals surface area contributed by atoms with Crippen molar-refractivity contribution in [3.63, 3.8) is 0 Å². The summed E-state index contributed by atoms with van der Waals surface area (Å²) in [4.78, 5) is 29.9. The zero-order valence-electron chi connectivity index (χ0n) is 20.4. The summed E-state index contributed by atoms with van der Waals surface area (Å²) in [5.41, 5.74) is 1.33. The van der Waals surface area contributed by atoms with Crippen molar-refractivity contribution >= 4 is 23.3 Å². The molecule has 0 unspecified atom stereocenters. The molecular weight excluding hydrogens is 436 g/mol. The first-order valence-electron chi connectivity index (χ1n) is 11.3. The Labute approximate surface area is 200 Å². The molecule has 3 amide bonds. The van der Waals surface area contributed by atoms with Gasteiger partial charge >= 0.3 is 6.03 Å². The van der Waals surface area contributed by atoms with Crippen LogP contribution < -0.4 is 20.1 Å². The van der Waals surface area contributed by atoms with Crippen LogP contribution in [0.25, 0.3) is 0 Å². The lowest BCUT2D eigenvalue weighted by Crippen LogP contribution is -2.49. The van der Waals surface area contributed by atoms with Crippen molar-refractivity contribution < 1.29 is 24.2 Å². The normalized spacial score (nSPS) is 18.9. The number of anilines is 2. The Bertz CT molecular complexity index is 995. The van der Waals surface area contributed by atoms with E-state index in [2.05, 4.69) is 10.6 Å². The average molecular weight is 471 g/mol. The van der Waals surface area contributed by atoms with Crippen LogP contribution in [0.3, 0.4) is 0 Å². The van der Waals surface area contributed by atoms with Crippen LogP contribution in [0, 0.1) is 5.92 Å². The predicted octanol–water partition coefficient (Wildman–Crippen LogP) is 3.12. The monoisotopic (exact) mass is 470 g/mol. The maximum atomic E-state index is 13.4. The molecule has 34 heavy (non-hydrogen) atoms. The van der Waals surface area contributed by atoms with Crippen LogP contribution in [0.5, 0.6) is 11.5 Å². The van der Waals surface area contributed by atoms with Crippen molar-refractivity contribution in [1.82, 2.24) is 9.80 Å². The Balaban J connectivity index is 1.93. The van der Waals surface area contributed by atoms with Gasteiger partial charge in [0.05, 0.1) is 31.0 Å². The number of aliphatic hydroxyl groups excluding tert-OH is 1. The summed E-state index contributed by atoms with van der Waals surface area (Å²) in [7, 11) is 5.50. The molecule has 0 saturated heterocycles. The van der Waals surface area contributed by atoms with Gasteiger partial charge in [-0.1, -0.05) is 13.0 Å². The molecule has 1 aliphatic rings. The number of urea groups is 1. The van der Waals surface area contributed by atoms with E-state index in [0.29, 0.717) is 41.5 Å². The first-order chi connectivity index (χ1) is 16.2. The molecule has 3 N–H and O–H groups in total. The minimum Gasteiger partial charge on any atom is -0.497 e. The SMILES string of the molecule is COc1ccc(NC(=O)Nc2cccc3c2O[C@@H](CN(C)C)[C@H](C)CN([C@H](C)CO)C3=O)cc1. The molecule has 2 aromatic rings. The largest absolute Gasteiger partial charge is 0.497 e. The minimum atomic E-state index is -0.463. The Morgan fingerprint density at radius 2 is 1.94 bits per heavy atom. The summed E-state index contributed by atoms with van der Waals surface area (Å²) in [6.45, 7) is 4.78. The minimum absolute atomic E-state index is 0.00492. The van der Waals surface area contributed by atoms with Gasteiger partial charge in [0, 0.05) is 24.7 Å². The fourth-order valence-electron chi connectivity index (χ4n) is 3.88. The number of carbonyl (C=O) groups excluding carboxylic acids is 2. The van der Waals surface area contributed by atoms with Crippen LogP contribution >= 0.6 is 0 Å². The molecule has 9 heteroatoms. The van der Waals surface area contributed by atoms with Gasteiger partial charge in [-0.3, -0.25) is 4.79 Å². The molecule has 0 spiro atoms. The number of nitrogens with one attached hydrogen (secondary N) is 2. The van der Waals surface area contributed by atoms with Crippen molar-refractivity contribution in [2.24, 2.45) is 5.92 Å². The van der Waals surface area contributed by atoms with Crippen molar-refractivity contribution in [3.8, 4) is 11.5 Å². The standard InChI is InChI=1S/C25H34N4O5/c1-16-13-29(17(2)15-30)24(31)20-7-6-8-21(23(20)34-22(16)14-28(3)4)27-25(32)26-18-9-11-19(33-5)12-10-18/h6-12,16-17,22,30H,13-15H2,1-5H3,(H2,26,27,32)/t16-,17-,22+/m1/s1. The third-order valence-corrected chi connectivity index (χ3v) is 5.83. The molecular formula is C25H34N4O5. The number of likely N-dealkylation sites (N-methyl/N-ethyl adjacent to an activating group) is 1. The number of nitrogens with zero attached hydrogens (tertiary/aromatic N) is 2. The number of aliphatic hydroxyl groups is 1. The lowest BCUT2D eigenvalue weighted by molar-refractivity contribution is 0.0365. The van der Waals surface area contributed by atoms with Crippen LogP contribution in [-0.2, 0) is 0 Å². The van der Waals surface area contributed by atoms with Crippen molar-refractivity contribution in [3.05, 3.63) is 48.0 Å². The van der Waals surface area contributed by atoms with Crippen LogP contribution in [0.1, 0.15) is 24.2 Å². The highest BCUT2D eigenvalue weighted by atomic mass is 16.5. The van der Waals surface area contributed by atoms with E-state index in [0.717, 1.165) is 0 Å². The highest BCUT2D eigenvalue weighted by Gasteiger charge is 2.34. The highest BCUT2D eigenvalue weighted by molar-refractivity contribution is 6.04. The number of hydrogen-bond acceptors (Lipinski definition) is 6. The van der Waals surface area contributed by atoms with Crippen LogP contribution in [0.4, 0.5) is 16.2 Å². The molecule has 0 radical (unpaired) electrons. The molecule has 0 saturated carbocycles. The van der Waals surface area contributed by atoms with Gasteiger partial charge in [-0.15, -0.1) is 0 Å². The summed E-state index contributed by atoms with van der Waals surface area (Å²) < 4.78 is 11.5. The van der Waals surface area contributed by atoms with E-state index in [1.165, 1.54) is 0 Å². The Morgan fingerprint density at radius 1 is 1.24 bits per heavy atom. The average Bonchev–Trinajstić information content (AvgIpc) is 2.81. The van der Waals surface area contributed by atoms with Crippen molar-refractivity contribution in [2.45, 2.75) is 26.0 Å². The second-order valence-corrected chi connectivity index (χ2v) is 8.87. The van der Waals surface area contributed by atoms with Gasteiger partial charge in [0.2, 0.25) is 0 Å². The van der Waals surface area contributed by atoms with Gasteiger partial charge in [0.25, 0.3) is 5.91 Å². The molecule has 9 nitrogen and oxygen atoms in total. The summed E-state index contributed by atoms with van der Waals surface area (Å²) in [6.07, 6.45) is -0.233. The van der Waals surface area contributed by atoms with Crippen LogP contribution in [0.2, 0.25) is 0 Å². The Morgan fingerprint density at radius 3 is 2.56 bits per heavy atom. The zero-order valence-corrected chi connectivity index (χ0v) is 20.4. The zero-order chi connectivity index (χ0) is 24.8. The fraction of sp³-hybridized carbons (Fsp3) is 0.440. The maximum absolute atomic E-state index is 13.4. The quantitative estimate of drug-likeness (QED) is 0.575. The number of rotatable bonds is 7. The van der Waals surface area contributed by atoms with Gasteiger partial charge in [-0.25, -0.2) is 4.79 Å². The van der Waals surface area contributed by atoms with Gasteiger partial charge in [0.1, 0.15) is 11.9 Å². The highest BCUT2D eigenvalue weighted by Crippen LogP contribution is 2.35. The number of ether oxygens (including phenoxy) is 2. The molecule has 184 valence electrons. The van der Waals surface area contributed by atoms with E-state index in [1.807, 2.05) is 32.8 Å². The number of fused-ring (bicyclic) bond motifs is 1. The van der Waals surface area contributed by atoms with Gasteiger partial charge < -0.3 is 35.0 Å². The van der Waals surface area contributed by atoms with E-state index >= 15 is 0 Å². The number of hydrogen-bond donors (Lipinski definition) is 3. The van der Waals surface area contributed by atoms with Crippen LogP contribution in [0.15, 0.2) is 42.5 Å². The Kier molecular flexibility index (Phi) is 8.36. The smallest absolute Gasteiger partial charge is 0.323 e. The molecule has 2 aromatic carbocycles. The van der Waals surface area contributed by atoms with Crippen molar-refractivity contribution in [2.75, 3.05) is 51.5 Å². The topological polar surface area (TPSA) is 103 Å². The fourth-order valence-corrected chi connectivity index (χ4v) is 3.88. The lowest BCUT2D eigenvalue weighted by Gasteiger charge is -2.38. The molecule has 0 aliphatic carbocycles. The van der Waals surface area contributed by atoms with E-state index in [4.69, 9.17) is 9.47 Å². The van der Waals surface area contributed by atoms with Gasteiger partial charge in [-0.05, 0) is 57.4 Å². The lowest BCUT2D eigenvalue weighted by atomic mass is 9.99. The number of benzene rings is 2. The first-order valence-corrected chi connectivity index (χ1v) is 11.3. The summed E-state index contributed by atoms with van der Waals surface area (Å²) in [5.74, 6) is 0.761. The van der Waals surface area contributed by atoms with Gasteiger partial charge in [-0.2, -0.15) is 0 Å². The van der Waals surface area contributed by atoms with Crippen LogP contribution in [-0.4, -0.2) is 79.9 Å². The second-order valence-electron chi connectivity index (χ2n) is 8.87.